The Morgan fingerprint density at radius 1 is 1.25 bits per heavy atom. The van der Waals surface area contributed by atoms with E-state index < -0.39 is 0 Å². The van der Waals surface area contributed by atoms with E-state index in [1.165, 1.54) is 0 Å². The van der Waals surface area contributed by atoms with Crippen LogP contribution in [0.1, 0.15) is 6.92 Å². The van der Waals surface area contributed by atoms with Gasteiger partial charge in [-0.15, -0.1) is 0 Å². The Hall–Kier alpha value is -1.91. The molecule has 2 fully saturated rings. The van der Waals surface area contributed by atoms with Crippen molar-refractivity contribution in [1.29, 1.82) is 0 Å². The van der Waals surface area contributed by atoms with Crippen LogP contribution in [0.15, 0.2) is 18.2 Å². The number of rotatable bonds is 2. The maximum Gasteiger partial charge on any atom is 0.219 e. The molecular formula is C15H21N3O2. The van der Waals surface area contributed by atoms with Gasteiger partial charge in [-0.05, 0) is 12.1 Å². The monoisotopic (exact) mass is 275 g/mol. The fourth-order valence-corrected chi connectivity index (χ4v) is 3.36. The van der Waals surface area contributed by atoms with Gasteiger partial charge < -0.3 is 20.3 Å². The average Bonchev–Trinajstić information content (AvgIpc) is 2.97. The summed E-state index contributed by atoms with van der Waals surface area (Å²) in [4.78, 5) is 15.8. The van der Waals surface area contributed by atoms with Crippen LogP contribution in [-0.2, 0) is 4.79 Å². The highest BCUT2D eigenvalue weighted by molar-refractivity contribution is 5.73. The zero-order valence-corrected chi connectivity index (χ0v) is 12.0. The third-order valence-corrected chi connectivity index (χ3v) is 4.51. The van der Waals surface area contributed by atoms with E-state index in [0.717, 1.165) is 37.6 Å². The normalized spacial score (nSPS) is 24.9. The quantitative estimate of drug-likeness (QED) is 0.824. The number of methoxy groups -OCH3 is 1. The van der Waals surface area contributed by atoms with Crippen molar-refractivity contribution < 1.29 is 9.53 Å². The van der Waals surface area contributed by atoms with Crippen molar-refractivity contribution >= 4 is 17.3 Å². The van der Waals surface area contributed by atoms with Crippen molar-refractivity contribution in [3.05, 3.63) is 18.2 Å². The molecule has 1 amide bonds. The van der Waals surface area contributed by atoms with E-state index in [9.17, 15) is 4.79 Å². The molecule has 1 aromatic carbocycles. The van der Waals surface area contributed by atoms with Crippen LogP contribution < -0.4 is 15.4 Å². The van der Waals surface area contributed by atoms with E-state index in [4.69, 9.17) is 10.5 Å². The first-order chi connectivity index (χ1) is 9.58. The number of nitrogen functional groups attached to an aromatic ring is 1. The lowest BCUT2D eigenvalue weighted by molar-refractivity contribution is -0.128. The second-order valence-corrected chi connectivity index (χ2v) is 5.78. The van der Waals surface area contributed by atoms with Gasteiger partial charge in [0, 0.05) is 56.7 Å². The Bertz CT molecular complexity index is 518. The second-order valence-electron chi connectivity index (χ2n) is 5.78. The molecule has 0 radical (unpaired) electrons. The Morgan fingerprint density at radius 2 is 1.90 bits per heavy atom. The number of carbonyl (C=O) groups is 1. The Kier molecular flexibility index (Phi) is 3.20. The molecule has 1 aromatic rings. The van der Waals surface area contributed by atoms with Gasteiger partial charge in [0.1, 0.15) is 5.75 Å². The van der Waals surface area contributed by atoms with E-state index in [2.05, 4.69) is 4.90 Å². The van der Waals surface area contributed by atoms with E-state index in [1.807, 2.05) is 23.1 Å². The largest absolute Gasteiger partial charge is 0.495 e. The van der Waals surface area contributed by atoms with E-state index in [-0.39, 0.29) is 5.91 Å². The van der Waals surface area contributed by atoms with Gasteiger partial charge >= 0.3 is 0 Å². The molecule has 3 rings (SSSR count). The molecule has 2 saturated heterocycles. The van der Waals surface area contributed by atoms with Gasteiger partial charge in [0.25, 0.3) is 0 Å². The molecule has 0 aliphatic carbocycles. The number of fused-ring (bicyclic) bond motifs is 1. The molecule has 20 heavy (non-hydrogen) atoms. The fourth-order valence-electron chi connectivity index (χ4n) is 3.36. The molecule has 2 N–H and O–H groups in total. The Morgan fingerprint density at radius 3 is 2.45 bits per heavy atom. The number of hydrogen-bond donors (Lipinski definition) is 1. The summed E-state index contributed by atoms with van der Waals surface area (Å²) < 4.78 is 5.28. The smallest absolute Gasteiger partial charge is 0.219 e. The number of nitrogens with zero attached hydrogens (tertiary/aromatic N) is 2. The summed E-state index contributed by atoms with van der Waals surface area (Å²) in [5.74, 6) is 2.09. The molecule has 2 aliphatic heterocycles. The molecule has 0 unspecified atom stereocenters. The summed E-state index contributed by atoms with van der Waals surface area (Å²) >= 11 is 0. The van der Waals surface area contributed by atoms with Crippen LogP contribution in [0.4, 0.5) is 11.4 Å². The first-order valence-corrected chi connectivity index (χ1v) is 7.02. The molecular weight excluding hydrogens is 254 g/mol. The van der Waals surface area contributed by atoms with Crippen LogP contribution in [0.2, 0.25) is 0 Å². The zero-order valence-electron chi connectivity index (χ0n) is 12.0. The van der Waals surface area contributed by atoms with Gasteiger partial charge in [-0.25, -0.2) is 0 Å². The van der Waals surface area contributed by atoms with Gasteiger partial charge in [0.15, 0.2) is 0 Å². The molecule has 0 aromatic heterocycles. The molecule has 2 atom stereocenters. The third-order valence-electron chi connectivity index (χ3n) is 4.51. The van der Waals surface area contributed by atoms with Crippen LogP contribution in [-0.4, -0.2) is 44.1 Å². The van der Waals surface area contributed by atoms with E-state index in [0.29, 0.717) is 17.5 Å². The van der Waals surface area contributed by atoms with Crippen LogP contribution in [0.3, 0.4) is 0 Å². The minimum atomic E-state index is 0.195. The summed E-state index contributed by atoms with van der Waals surface area (Å²) in [6.07, 6.45) is 0. The fraction of sp³-hybridized carbons (Fsp3) is 0.533. The second kappa shape index (κ2) is 4.89. The van der Waals surface area contributed by atoms with E-state index in [1.54, 1.807) is 14.0 Å². The molecule has 0 spiro atoms. The van der Waals surface area contributed by atoms with Crippen molar-refractivity contribution in [2.24, 2.45) is 11.8 Å². The van der Waals surface area contributed by atoms with Crippen LogP contribution in [0, 0.1) is 11.8 Å². The van der Waals surface area contributed by atoms with Crippen molar-refractivity contribution in [3.8, 4) is 5.75 Å². The molecule has 0 bridgehead atoms. The molecule has 5 heteroatoms. The first kappa shape index (κ1) is 13.1. The molecule has 2 aliphatic rings. The summed E-state index contributed by atoms with van der Waals surface area (Å²) in [7, 11) is 1.64. The molecule has 2 heterocycles. The maximum atomic E-state index is 11.4. The number of amides is 1. The number of ether oxygens (including phenoxy) is 1. The van der Waals surface area contributed by atoms with Crippen molar-refractivity contribution in [2.45, 2.75) is 6.92 Å². The zero-order chi connectivity index (χ0) is 14.3. The van der Waals surface area contributed by atoms with Gasteiger partial charge in [-0.2, -0.15) is 0 Å². The lowest BCUT2D eigenvalue weighted by Crippen LogP contribution is -2.31. The Labute approximate surface area is 119 Å². The van der Waals surface area contributed by atoms with Crippen LogP contribution >= 0.6 is 0 Å². The molecule has 0 saturated carbocycles. The lowest BCUT2D eigenvalue weighted by Gasteiger charge is -2.23. The highest BCUT2D eigenvalue weighted by Gasteiger charge is 2.40. The summed E-state index contributed by atoms with van der Waals surface area (Å²) in [5.41, 5.74) is 7.67. The minimum absolute atomic E-state index is 0.195. The number of carbonyl (C=O) groups excluding carboxylic acids is 1. The molecule has 108 valence electrons. The molecule has 5 nitrogen and oxygen atoms in total. The van der Waals surface area contributed by atoms with E-state index >= 15 is 0 Å². The first-order valence-electron chi connectivity index (χ1n) is 7.02. The Balaban J connectivity index is 1.72. The van der Waals surface area contributed by atoms with Crippen LogP contribution in [0.25, 0.3) is 0 Å². The standard InChI is InChI=1S/C15H21N3O2/c1-10(19)17-6-11-8-18(9-12(11)7-17)13-3-4-14(16)15(5-13)20-2/h3-5,11-12H,6-9,16H2,1-2H3/t11-,12+. The van der Waals surface area contributed by atoms with Gasteiger partial charge in [-0.1, -0.05) is 0 Å². The van der Waals surface area contributed by atoms with Crippen molar-refractivity contribution in [3.63, 3.8) is 0 Å². The van der Waals surface area contributed by atoms with Gasteiger partial charge in [0.2, 0.25) is 5.91 Å². The van der Waals surface area contributed by atoms with Crippen molar-refractivity contribution in [1.82, 2.24) is 4.90 Å². The number of nitrogens with two attached hydrogens (primary N) is 1. The number of hydrogen-bond acceptors (Lipinski definition) is 4. The third kappa shape index (κ3) is 2.17. The highest BCUT2D eigenvalue weighted by atomic mass is 16.5. The summed E-state index contributed by atoms with van der Waals surface area (Å²) in [5, 5.41) is 0. The lowest BCUT2D eigenvalue weighted by atomic mass is 10.0. The number of benzene rings is 1. The summed E-state index contributed by atoms with van der Waals surface area (Å²) in [6.45, 7) is 5.44. The summed E-state index contributed by atoms with van der Waals surface area (Å²) in [6, 6.07) is 5.94. The average molecular weight is 275 g/mol. The minimum Gasteiger partial charge on any atom is -0.495 e. The number of likely N-dealkylation sites (tertiary alicyclic amines) is 1. The predicted octanol–water partition coefficient (Wildman–Crippen LogP) is 1.19. The predicted molar refractivity (Wildman–Crippen MR) is 78.9 cm³/mol. The van der Waals surface area contributed by atoms with Crippen molar-refractivity contribution in [2.75, 3.05) is 43.9 Å². The van der Waals surface area contributed by atoms with Gasteiger partial charge in [-0.3, -0.25) is 4.79 Å². The SMILES string of the molecule is COc1cc(N2C[C@H]3CN(C(C)=O)C[C@H]3C2)ccc1N. The topological polar surface area (TPSA) is 58.8 Å². The van der Waals surface area contributed by atoms with Gasteiger partial charge in [0.05, 0.1) is 12.8 Å². The maximum absolute atomic E-state index is 11.4. The number of anilines is 2. The van der Waals surface area contributed by atoms with Crippen LogP contribution in [0.5, 0.6) is 5.75 Å². The highest BCUT2D eigenvalue weighted by Crippen LogP contribution is 2.36.